The Kier molecular flexibility index (Phi) is 5.50. The van der Waals surface area contributed by atoms with Crippen LogP contribution in [0.15, 0.2) is 43.0 Å². The highest BCUT2D eigenvalue weighted by molar-refractivity contribution is 5.92. The number of carbonyl (C=O) groups is 1. The molecule has 140 valence electrons. The third kappa shape index (κ3) is 3.97. The standard InChI is InChI=1S/C18H19N5O4/c1-25-14-9-16(27-3)15(26-2)8-12(14)10-20-18(24)13-4-5-17(22-21-13)23-7-6-19-11-23/h4-9,11H,10H2,1-3H3,(H,20,24). The molecule has 3 rings (SSSR count). The number of hydrogen-bond acceptors (Lipinski definition) is 7. The van der Waals surface area contributed by atoms with Gasteiger partial charge in [-0.3, -0.25) is 9.36 Å². The highest BCUT2D eigenvalue weighted by Gasteiger charge is 2.14. The maximum atomic E-state index is 12.4. The summed E-state index contributed by atoms with van der Waals surface area (Å²) in [5, 5.41) is 10.8. The minimum atomic E-state index is -0.350. The number of imidazole rings is 1. The van der Waals surface area contributed by atoms with Crippen molar-refractivity contribution in [1.29, 1.82) is 0 Å². The number of hydrogen-bond donors (Lipinski definition) is 1. The topological polar surface area (TPSA) is 100 Å². The van der Waals surface area contributed by atoms with E-state index >= 15 is 0 Å². The van der Waals surface area contributed by atoms with Gasteiger partial charge in [-0.2, -0.15) is 0 Å². The van der Waals surface area contributed by atoms with Crippen molar-refractivity contribution in [3.63, 3.8) is 0 Å². The number of ether oxygens (including phenoxy) is 3. The maximum Gasteiger partial charge on any atom is 0.272 e. The van der Waals surface area contributed by atoms with Crippen molar-refractivity contribution in [3.05, 3.63) is 54.2 Å². The van der Waals surface area contributed by atoms with Gasteiger partial charge in [0.15, 0.2) is 23.0 Å². The van der Waals surface area contributed by atoms with Gasteiger partial charge in [0.2, 0.25) is 0 Å². The molecular formula is C18H19N5O4. The molecule has 0 aliphatic heterocycles. The molecule has 2 aromatic heterocycles. The van der Waals surface area contributed by atoms with E-state index in [1.54, 1.807) is 68.9 Å². The predicted octanol–water partition coefficient (Wildman–Crippen LogP) is 1.62. The fourth-order valence-corrected chi connectivity index (χ4v) is 2.48. The smallest absolute Gasteiger partial charge is 0.272 e. The van der Waals surface area contributed by atoms with Crippen LogP contribution >= 0.6 is 0 Å². The van der Waals surface area contributed by atoms with Crippen LogP contribution in [0.1, 0.15) is 16.1 Å². The van der Waals surface area contributed by atoms with Crippen LogP contribution in [0.4, 0.5) is 0 Å². The molecule has 0 bridgehead atoms. The molecule has 0 saturated heterocycles. The maximum absolute atomic E-state index is 12.4. The molecule has 1 N–H and O–H groups in total. The molecule has 9 nitrogen and oxygen atoms in total. The van der Waals surface area contributed by atoms with Gasteiger partial charge >= 0.3 is 0 Å². The number of nitrogens with zero attached hydrogens (tertiary/aromatic N) is 4. The molecule has 0 radical (unpaired) electrons. The highest BCUT2D eigenvalue weighted by Crippen LogP contribution is 2.34. The Morgan fingerprint density at radius 3 is 2.37 bits per heavy atom. The summed E-state index contributed by atoms with van der Waals surface area (Å²) in [7, 11) is 4.64. The van der Waals surface area contributed by atoms with Crippen LogP contribution in [0.3, 0.4) is 0 Å². The summed E-state index contributed by atoms with van der Waals surface area (Å²) in [5.41, 5.74) is 0.949. The van der Waals surface area contributed by atoms with E-state index in [4.69, 9.17) is 14.2 Å². The van der Waals surface area contributed by atoms with Crippen molar-refractivity contribution in [2.75, 3.05) is 21.3 Å². The first kappa shape index (κ1) is 18.2. The Hall–Kier alpha value is -3.62. The summed E-state index contributed by atoms with van der Waals surface area (Å²) in [5.74, 6) is 1.90. The molecule has 2 heterocycles. The molecule has 0 aliphatic rings. The van der Waals surface area contributed by atoms with E-state index in [2.05, 4.69) is 20.5 Å². The van der Waals surface area contributed by atoms with Crippen molar-refractivity contribution < 1.29 is 19.0 Å². The van der Waals surface area contributed by atoms with Gasteiger partial charge in [-0.1, -0.05) is 0 Å². The summed E-state index contributed by atoms with van der Waals surface area (Å²) in [4.78, 5) is 16.3. The van der Waals surface area contributed by atoms with Crippen LogP contribution in [-0.2, 0) is 6.54 Å². The van der Waals surface area contributed by atoms with E-state index in [0.717, 1.165) is 5.56 Å². The van der Waals surface area contributed by atoms with Gasteiger partial charge in [0.25, 0.3) is 5.91 Å². The number of aromatic nitrogens is 4. The number of nitrogens with one attached hydrogen (secondary N) is 1. The van der Waals surface area contributed by atoms with Crippen molar-refractivity contribution in [2.45, 2.75) is 6.54 Å². The summed E-state index contributed by atoms with van der Waals surface area (Å²) >= 11 is 0. The lowest BCUT2D eigenvalue weighted by Crippen LogP contribution is -2.24. The Morgan fingerprint density at radius 1 is 1.04 bits per heavy atom. The molecule has 3 aromatic rings. The second-order valence-corrected chi connectivity index (χ2v) is 5.45. The largest absolute Gasteiger partial charge is 0.496 e. The number of rotatable bonds is 7. The summed E-state index contributed by atoms with van der Waals surface area (Å²) in [6.45, 7) is 0.229. The minimum absolute atomic E-state index is 0.207. The lowest BCUT2D eigenvalue weighted by Gasteiger charge is -2.14. The van der Waals surface area contributed by atoms with E-state index in [9.17, 15) is 4.79 Å². The van der Waals surface area contributed by atoms with Crippen molar-refractivity contribution in [3.8, 4) is 23.1 Å². The molecule has 0 fully saturated rings. The molecule has 9 heteroatoms. The van der Waals surface area contributed by atoms with Gasteiger partial charge < -0.3 is 19.5 Å². The van der Waals surface area contributed by atoms with Gasteiger partial charge in [-0.05, 0) is 18.2 Å². The average molecular weight is 369 g/mol. The van der Waals surface area contributed by atoms with Gasteiger partial charge in [0.1, 0.15) is 12.1 Å². The zero-order valence-electron chi connectivity index (χ0n) is 15.2. The molecule has 1 aromatic carbocycles. The lowest BCUT2D eigenvalue weighted by molar-refractivity contribution is 0.0944. The van der Waals surface area contributed by atoms with E-state index in [1.165, 1.54) is 0 Å². The Balaban J connectivity index is 1.72. The Labute approximate surface area is 155 Å². The first-order valence-electron chi connectivity index (χ1n) is 8.05. The predicted molar refractivity (Wildman–Crippen MR) is 96.4 cm³/mol. The van der Waals surface area contributed by atoms with Crippen molar-refractivity contribution in [1.82, 2.24) is 25.1 Å². The molecule has 0 saturated carbocycles. The molecular weight excluding hydrogens is 350 g/mol. The van der Waals surface area contributed by atoms with Crippen LogP contribution in [0.25, 0.3) is 5.82 Å². The SMILES string of the molecule is COc1cc(OC)c(OC)cc1CNC(=O)c1ccc(-n2ccnc2)nn1. The van der Waals surface area contributed by atoms with Gasteiger partial charge in [0, 0.05) is 30.6 Å². The first-order valence-corrected chi connectivity index (χ1v) is 8.05. The minimum Gasteiger partial charge on any atom is -0.496 e. The number of benzene rings is 1. The quantitative estimate of drug-likeness (QED) is 0.675. The number of carbonyl (C=O) groups excluding carboxylic acids is 1. The number of methoxy groups -OCH3 is 3. The van der Waals surface area contributed by atoms with E-state index in [0.29, 0.717) is 23.1 Å². The second-order valence-electron chi connectivity index (χ2n) is 5.45. The van der Waals surface area contributed by atoms with Gasteiger partial charge in [-0.15, -0.1) is 10.2 Å². The summed E-state index contributed by atoms with van der Waals surface area (Å²) in [6, 6.07) is 6.76. The lowest BCUT2D eigenvalue weighted by atomic mass is 10.1. The Bertz CT molecular complexity index is 910. The third-order valence-corrected chi connectivity index (χ3v) is 3.88. The second kappa shape index (κ2) is 8.17. The monoisotopic (exact) mass is 369 g/mol. The van der Waals surface area contributed by atoms with Crippen LogP contribution < -0.4 is 19.5 Å². The summed E-state index contributed by atoms with van der Waals surface area (Å²) < 4.78 is 17.6. The van der Waals surface area contributed by atoms with Crippen LogP contribution in [-0.4, -0.2) is 47.0 Å². The van der Waals surface area contributed by atoms with Crippen LogP contribution in [0, 0.1) is 0 Å². The zero-order valence-corrected chi connectivity index (χ0v) is 15.2. The fraction of sp³-hybridized carbons (Fsp3) is 0.222. The fourth-order valence-electron chi connectivity index (χ4n) is 2.48. The molecule has 0 atom stereocenters. The highest BCUT2D eigenvalue weighted by atomic mass is 16.5. The molecule has 0 spiro atoms. The normalized spacial score (nSPS) is 10.3. The zero-order chi connectivity index (χ0) is 19.2. The molecule has 0 unspecified atom stereocenters. The third-order valence-electron chi connectivity index (χ3n) is 3.88. The van der Waals surface area contributed by atoms with Gasteiger partial charge in [0.05, 0.1) is 21.3 Å². The molecule has 27 heavy (non-hydrogen) atoms. The average Bonchev–Trinajstić information content (AvgIpc) is 3.26. The number of amides is 1. The molecule has 0 aliphatic carbocycles. The molecule has 1 amide bonds. The first-order chi connectivity index (χ1) is 13.2. The van der Waals surface area contributed by atoms with E-state index < -0.39 is 0 Å². The Morgan fingerprint density at radius 2 is 1.78 bits per heavy atom. The van der Waals surface area contributed by atoms with Gasteiger partial charge in [-0.25, -0.2) is 4.98 Å². The van der Waals surface area contributed by atoms with Crippen molar-refractivity contribution in [2.24, 2.45) is 0 Å². The van der Waals surface area contributed by atoms with E-state index in [1.807, 2.05) is 0 Å². The summed E-state index contributed by atoms with van der Waals surface area (Å²) in [6.07, 6.45) is 4.99. The van der Waals surface area contributed by atoms with E-state index in [-0.39, 0.29) is 18.1 Å². The van der Waals surface area contributed by atoms with Crippen molar-refractivity contribution >= 4 is 5.91 Å². The van der Waals surface area contributed by atoms with Crippen LogP contribution in [0.2, 0.25) is 0 Å². The van der Waals surface area contributed by atoms with Crippen LogP contribution in [0.5, 0.6) is 17.2 Å².